The standard InChI is InChI=1S/C23H28N8O4/c1-29-11-14(5-7-32)8-17(29)22(34)27-16-10-19(31(3)13-16)23(35)28-15-9-18(30(2)12-15)21(33)26-6-4-20(24)25/h7-13H,4-6H2,1-3H3,(H3,24,25)(H,26,33)(H,27,34)(H,28,35). The number of rotatable bonds is 10. The summed E-state index contributed by atoms with van der Waals surface area (Å²) in [5.74, 6) is -1.16. The first-order valence-electron chi connectivity index (χ1n) is 10.7. The first-order valence-corrected chi connectivity index (χ1v) is 10.7. The number of hydrogen-bond acceptors (Lipinski definition) is 5. The summed E-state index contributed by atoms with van der Waals surface area (Å²) < 4.78 is 4.79. The Hall–Kier alpha value is -4.61. The summed E-state index contributed by atoms with van der Waals surface area (Å²) in [5, 5.41) is 15.4. The summed E-state index contributed by atoms with van der Waals surface area (Å²) >= 11 is 0. The van der Waals surface area contributed by atoms with Gasteiger partial charge in [-0.05, 0) is 23.8 Å². The summed E-state index contributed by atoms with van der Waals surface area (Å²) in [6.07, 6.45) is 6.17. The van der Waals surface area contributed by atoms with Gasteiger partial charge >= 0.3 is 0 Å². The van der Waals surface area contributed by atoms with Crippen molar-refractivity contribution in [3.05, 3.63) is 59.4 Å². The fourth-order valence-electron chi connectivity index (χ4n) is 3.58. The molecule has 3 rings (SSSR count). The number of nitrogens with zero attached hydrogens (tertiary/aromatic N) is 3. The summed E-state index contributed by atoms with van der Waals surface area (Å²) in [5.41, 5.74) is 7.89. The first-order chi connectivity index (χ1) is 16.6. The third-order valence-corrected chi connectivity index (χ3v) is 5.28. The molecule has 3 heterocycles. The largest absolute Gasteiger partial charge is 0.388 e. The van der Waals surface area contributed by atoms with Gasteiger partial charge in [0.2, 0.25) is 0 Å². The molecule has 3 aromatic heterocycles. The molecule has 6 N–H and O–H groups in total. The van der Waals surface area contributed by atoms with Crippen LogP contribution in [0.4, 0.5) is 11.4 Å². The minimum atomic E-state index is -0.422. The average Bonchev–Trinajstić information content (AvgIpc) is 3.44. The molecule has 0 atom stereocenters. The van der Waals surface area contributed by atoms with Gasteiger partial charge in [0, 0.05) is 59.1 Å². The highest BCUT2D eigenvalue weighted by Crippen LogP contribution is 2.18. The average molecular weight is 481 g/mol. The zero-order chi connectivity index (χ0) is 25.7. The fraction of sp³-hybridized carbons (Fsp3) is 0.261. The third kappa shape index (κ3) is 6.05. The Balaban J connectivity index is 1.67. The second-order valence-electron chi connectivity index (χ2n) is 8.10. The van der Waals surface area contributed by atoms with Gasteiger partial charge in [-0.3, -0.25) is 19.8 Å². The van der Waals surface area contributed by atoms with Gasteiger partial charge in [-0.15, -0.1) is 0 Å². The Kier molecular flexibility index (Phi) is 7.54. The maximum Gasteiger partial charge on any atom is 0.272 e. The SMILES string of the molecule is Cn1cc(NC(=O)c2cc(NC(=O)c3cc(CC=O)cn3C)cn2C)cc1C(=O)NCCC(=N)N. The van der Waals surface area contributed by atoms with Crippen molar-refractivity contribution >= 4 is 41.2 Å². The number of nitrogens with two attached hydrogens (primary N) is 1. The van der Waals surface area contributed by atoms with Gasteiger partial charge in [0.15, 0.2) is 0 Å². The van der Waals surface area contributed by atoms with E-state index in [1.54, 1.807) is 71.6 Å². The van der Waals surface area contributed by atoms with E-state index in [0.717, 1.165) is 11.8 Å². The van der Waals surface area contributed by atoms with E-state index in [4.69, 9.17) is 11.1 Å². The van der Waals surface area contributed by atoms with Crippen molar-refractivity contribution in [2.75, 3.05) is 17.2 Å². The summed E-state index contributed by atoms with van der Waals surface area (Å²) in [4.78, 5) is 48.6. The molecule has 0 fully saturated rings. The van der Waals surface area contributed by atoms with Crippen LogP contribution in [0.5, 0.6) is 0 Å². The molecule has 12 nitrogen and oxygen atoms in total. The Labute approximate surface area is 201 Å². The minimum absolute atomic E-state index is 0.0189. The van der Waals surface area contributed by atoms with Gasteiger partial charge in [0.05, 0.1) is 17.2 Å². The lowest BCUT2D eigenvalue weighted by Crippen LogP contribution is -2.28. The van der Waals surface area contributed by atoms with Gasteiger partial charge in [-0.1, -0.05) is 0 Å². The van der Waals surface area contributed by atoms with Crippen LogP contribution in [-0.4, -0.2) is 50.1 Å². The molecule has 0 radical (unpaired) electrons. The second-order valence-corrected chi connectivity index (χ2v) is 8.10. The van der Waals surface area contributed by atoms with Gasteiger partial charge in [-0.2, -0.15) is 0 Å². The quantitative estimate of drug-likeness (QED) is 0.165. The summed E-state index contributed by atoms with van der Waals surface area (Å²) in [6.45, 7) is 0.236. The van der Waals surface area contributed by atoms with E-state index in [1.807, 2.05) is 0 Å². The topological polar surface area (TPSA) is 169 Å². The Morgan fingerprint density at radius 2 is 1.34 bits per heavy atom. The van der Waals surface area contributed by atoms with Gasteiger partial charge < -0.3 is 40.2 Å². The predicted octanol–water partition coefficient (Wildman–Crippen LogP) is 1.00. The number of amidine groups is 1. The molecule has 35 heavy (non-hydrogen) atoms. The van der Waals surface area contributed by atoms with Crippen LogP contribution in [0.1, 0.15) is 43.4 Å². The van der Waals surface area contributed by atoms with Crippen molar-refractivity contribution < 1.29 is 19.2 Å². The lowest BCUT2D eigenvalue weighted by molar-refractivity contribution is -0.107. The van der Waals surface area contributed by atoms with E-state index >= 15 is 0 Å². The fourth-order valence-corrected chi connectivity index (χ4v) is 3.58. The zero-order valence-electron chi connectivity index (χ0n) is 19.7. The van der Waals surface area contributed by atoms with E-state index in [0.29, 0.717) is 28.5 Å². The van der Waals surface area contributed by atoms with E-state index in [1.165, 1.54) is 0 Å². The number of aryl methyl sites for hydroxylation is 3. The number of carbonyl (C=O) groups is 4. The Morgan fingerprint density at radius 3 is 1.86 bits per heavy atom. The first kappa shape index (κ1) is 25.0. The smallest absolute Gasteiger partial charge is 0.272 e. The van der Waals surface area contributed by atoms with Crippen LogP contribution in [0.15, 0.2) is 36.8 Å². The molecule has 0 unspecified atom stereocenters. The maximum atomic E-state index is 12.8. The molecule has 12 heteroatoms. The van der Waals surface area contributed by atoms with Crippen molar-refractivity contribution in [1.29, 1.82) is 5.41 Å². The van der Waals surface area contributed by atoms with Crippen LogP contribution in [0.2, 0.25) is 0 Å². The number of aromatic nitrogens is 3. The van der Waals surface area contributed by atoms with Crippen molar-refractivity contribution in [1.82, 2.24) is 19.0 Å². The highest BCUT2D eigenvalue weighted by Gasteiger charge is 2.18. The molecule has 0 spiro atoms. The van der Waals surface area contributed by atoms with Crippen molar-refractivity contribution in [3.8, 4) is 0 Å². The number of aldehydes is 1. The maximum absolute atomic E-state index is 12.8. The number of hydrogen-bond donors (Lipinski definition) is 5. The number of amides is 3. The monoisotopic (exact) mass is 480 g/mol. The lowest BCUT2D eigenvalue weighted by Gasteiger charge is -2.04. The van der Waals surface area contributed by atoms with Gasteiger partial charge in [-0.25, -0.2) is 0 Å². The second kappa shape index (κ2) is 10.5. The molecule has 0 saturated carbocycles. The van der Waals surface area contributed by atoms with E-state index in [2.05, 4.69) is 16.0 Å². The van der Waals surface area contributed by atoms with Gasteiger partial charge in [0.1, 0.15) is 23.4 Å². The zero-order valence-corrected chi connectivity index (χ0v) is 19.7. The van der Waals surface area contributed by atoms with Gasteiger partial charge in [0.25, 0.3) is 17.7 Å². The predicted molar refractivity (Wildman–Crippen MR) is 131 cm³/mol. The summed E-state index contributed by atoms with van der Waals surface area (Å²) in [6, 6.07) is 4.73. The van der Waals surface area contributed by atoms with Crippen LogP contribution >= 0.6 is 0 Å². The molecular formula is C23H28N8O4. The molecule has 3 amide bonds. The number of nitrogens with one attached hydrogen (secondary N) is 4. The van der Waals surface area contributed by atoms with Crippen LogP contribution in [0.3, 0.4) is 0 Å². The van der Waals surface area contributed by atoms with E-state index in [9.17, 15) is 19.2 Å². The normalized spacial score (nSPS) is 10.6. The lowest BCUT2D eigenvalue weighted by atomic mass is 10.2. The van der Waals surface area contributed by atoms with Crippen molar-refractivity contribution in [2.24, 2.45) is 26.9 Å². The molecule has 0 aromatic carbocycles. The van der Waals surface area contributed by atoms with Crippen LogP contribution in [0, 0.1) is 5.41 Å². The molecule has 0 aliphatic heterocycles. The van der Waals surface area contributed by atoms with Crippen LogP contribution < -0.4 is 21.7 Å². The Bertz CT molecular complexity index is 1300. The molecule has 0 aliphatic carbocycles. The number of carbonyl (C=O) groups excluding carboxylic acids is 4. The van der Waals surface area contributed by atoms with Crippen molar-refractivity contribution in [3.63, 3.8) is 0 Å². The Morgan fingerprint density at radius 1 is 0.857 bits per heavy atom. The molecule has 0 saturated heterocycles. The molecule has 184 valence electrons. The highest BCUT2D eigenvalue weighted by molar-refractivity contribution is 6.07. The van der Waals surface area contributed by atoms with Crippen LogP contribution in [0.25, 0.3) is 0 Å². The highest BCUT2D eigenvalue weighted by atomic mass is 16.2. The molecular weight excluding hydrogens is 452 g/mol. The van der Waals surface area contributed by atoms with Crippen molar-refractivity contribution in [2.45, 2.75) is 12.8 Å². The summed E-state index contributed by atoms with van der Waals surface area (Å²) in [7, 11) is 5.06. The minimum Gasteiger partial charge on any atom is -0.388 e. The molecule has 0 bridgehead atoms. The number of anilines is 2. The van der Waals surface area contributed by atoms with E-state index < -0.39 is 5.91 Å². The van der Waals surface area contributed by atoms with Crippen LogP contribution in [-0.2, 0) is 32.4 Å². The van der Waals surface area contributed by atoms with E-state index in [-0.39, 0.29) is 37.0 Å². The molecule has 0 aliphatic rings. The third-order valence-electron chi connectivity index (χ3n) is 5.28. The molecule has 3 aromatic rings.